The highest BCUT2D eigenvalue weighted by molar-refractivity contribution is 9.10. The van der Waals surface area contributed by atoms with Crippen molar-refractivity contribution in [1.82, 2.24) is 14.8 Å². The monoisotopic (exact) mass is 345 g/mol. The number of halogens is 3. The smallest absolute Gasteiger partial charge is 0.165 e. The Morgan fingerprint density at radius 1 is 1.33 bits per heavy atom. The molecule has 0 spiro atoms. The fraction of sp³-hybridized carbons (Fsp3) is 0.333. The third-order valence-corrected chi connectivity index (χ3v) is 4.53. The molecule has 0 saturated heterocycles. The Kier molecular flexibility index (Phi) is 3.34. The van der Waals surface area contributed by atoms with E-state index in [0.717, 1.165) is 34.5 Å². The second-order valence-corrected chi connectivity index (χ2v) is 5.78. The quantitative estimate of drug-likeness (QED) is 0.769. The first-order valence-electron chi connectivity index (χ1n) is 5.66. The van der Waals surface area contributed by atoms with Crippen molar-refractivity contribution in [3.63, 3.8) is 0 Å². The molecule has 0 aliphatic heterocycles. The Balaban J connectivity index is 2.17. The molecule has 3 rings (SSSR count). The van der Waals surface area contributed by atoms with Crippen LogP contribution in [0.25, 0.3) is 11.4 Å². The fourth-order valence-corrected chi connectivity index (χ4v) is 2.75. The van der Waals surface area contributed by atoms with Crippen molar-refractivity contribution in [1.29, 1.82) is 0 Å². The van der Waals surface area contributed by atoms with Gasteiger partial charge in [0.15, 0.2) is 5.82 Å². The second-order valence-electron chi connectivity index (χ2n) is 4.28. The molecule has 1 aliphatic carbocycles. The summed E-state index contributed by atoms with van der Waals surface area (Å²) in [6, 6.07) is 6.27. The van der Waals surface area contributed by atoms with Crippen LogP contribution in [0.3, 0.4) is 0 Å². The minimum atomic E-state index is 0.370. The van der Waals surface area contributed by atoms with Crippen LogP contribution in [-0.2, 0) is 5.88 Å². The minimum Gasteiger partial charge on any atom is -0.307 e. The summed E-state index contributed by atoms with van der Waals surface area (Å²) in [6.45, 7) is 0. The van der Waals surface area contributed by atoms with Gasteiger partial charge in [0, 0.05) is 16.1 Å². The summed E-state index contributed by atoms with van der Waals surface area (Å²) in [7, 11) is 0. The van der Waals surface area contributed by atoms with Gasteiger partial charge in [-0.2, -0.15) is 0 Å². The van der Waals surface area contributed by atoms with Crippen LogP contribution in [0.5, 0.6) is 0 Å². The molecule has 18 heavy (non-hydrogen) atoms. The van der Waals surface area contributed by atoms with Crippen LogP contribution in [0, 0.1) is 0 Å². The highest BCUT2D eigenvalue weighted by Crippen LogP contribution is 2.41. The molecular weight excluding hydrogens is 337 g/mol. The van der Waals surface area contributed by atoms with Crippen molar-refractivity contribution in [2.45, 2.75) is 24.8 Å². The van der Waals surface area contributed by atoms with Gasteiger partial charge in [-0.05, 0) is 40.9 Å². The van der Waals surface area contributed by atoms with E-state index < -0.39 is 0 Å². The molecule has 0 radical (unpaired) electrons. The van der Waals surface area contributed by atoms with E-state index in [2.05, 4.69) is 30.7 Å². The lowest BCUT2D eigenvalue weighted by molar-refractivity contribution is 0.712. The lowest BCUT2D eigenvalue weighted by atomic mass is 10.2. The first-order valence-corrected chi connectivity index (χ1v) is 7.37. The maximum Gasteiger partial charge on any atom is 0.165 e. The molecule has 0 N–H and O–H groups in total. The van der Waals surface area contributed by atoms with Crippen LogP contribution >= 0.6 is 39.1 Å². The molecule has 0 bridgehead atoms. The SMILES string of the molecule is ClCc1nnc(-c2cccc(Br)c2Cl)n1C1CC1. The third kappa shape index (κ3) is 2.06. The molecule has 1 saturated carbocycles. The van der Waals surface area contributed by atoms with Crippen molar-refractivity contribution in [2.75, 3.05) is 0 Å². The van der Waals surface area contributed by atoms with Crippen LogP contribution in [0.1, 0.15) is 24.7 Å². The first-order chi connectivity index (χ1) is 8.72. The lowest BCUT2D eigenvalue weighted by Gasteiger charge is -2.09. The first kappa shape index (κ1) is 12.5. The molecule has 1 aliphatic rings. The van der Waals surface area contributed by atoms with E-state index in [-0.39, 0.29) is 0 Å². The summed E-state index contributed by atoms with van der Waals surface area (Å²) in [5.74, 6) is 1.99. The van der Waals surface area contributed by atoms with Crippen molar-refractivity contribution >= 4 is 39.1 Å². The van der Waals surface area contributed by atoms with Gasteiger partial charge in [-0.1, -0.05) is 17.7 Å². The highest BCUT2D eigenvalue weighted by atomic mass is 79.9. The highest BCUT2D eigenvalue weighted by Gasteiger charge is 2.30. The van der Waals surface area contributed by atoms with Crippen LogP contribution in [0.15, 0.2) is 22.7 Å². The van der Waals surface area contributed by atoms with Crippen molar-refractivity contribution in [3.05, 3.63) is 33.5 Å². The molecule has 0 atom stereocenters. The Hall–Kier alpha value is -0.580. The van der Waals surface area contributed by atoms with Crippen molar-refractivity contribution in [3.8, 4) is 11.4 Å². The number of hydrogen-bond acceptors (Lipinski definition) is 2. The number of alkyl halides is 1. The summed E-state index contributed by atoms with van der Waals surface area (Å²) in [5.41, 5.74) is 0.891. The predicted molar refractivity (Wildman–Crippen MR) is 76.0 cm³/mol. The zero-order valence-corrected chi connectivity index (χ0v) is 12.5. The van der Waals surface area contributed by atoms with E-state index in [4.69, 9.17) is 23.2 Å². The topological polar surface area (TPSA) is 30.7 Å². The largest absolute Gasteiger partial charge is 0.307 e. The van der Waals surface area contributed by atoms with Gasteiger partial charge in [0.1, 0.15) is 5.82 Å². The van der Waals surface area contributed by atoms with E-state index >= 15 is 0 Å². The minimum absolute atomic E-state index is 0.370. The Labute approximate surface area is 123 Å². The number of rotatable bonds is 3. The molecule has 1 heterocycles. The van der Waals surface area contributed by atoms with E-state index in [1.807, 2.05) is 18.2 Å². The average molecular weight is 347 g/mol. The Morgan fingerprint density at radius 3 is 2.78 bits per heavy atom. The lowest BCUT2D eigenvalue weighted by Crippen LogP contribution is -2.02. The number of aromatic nitrogens is 3. The maximum absolute atomic E-state index is 6.32. The summed E-state index contributed by atoms with van der Waals surface area (Å²) >= 11 is 15.7. The molecule has 3 nitrogen and oxygen atoms in total. The number of benzene rings is 1. The van der Waals surface area contributed by atoms with Gasteiger partial charge >= 0.3 is 0 Å². The van der Waals surface area contributed by atoms with Gasteiger partial charge in [0.05, 0.1) is 10.9 Å². The average Bonchev–Trinajstić information content (AvgIpc) is 3.12. The normalized spacial score (nSPS) is 15.1. The molecule has 1 aromatic carbocycles. The van der Waals surface area contributed by atoms with Gasteiger partial charge in [-0.15, -0.1) is 21.8 Å². The van der Waals surface area contributed by atoms with Crippen molar-refractivity contribution in [2.24, 2.45) is 0 Å². The van der Waals surface area contributed by atoms with E-state index in [1.165, 1.54) is 0 Å². The summed E-state index contributed by atoms with van der Waals surface area (Å²) < 4.78 is 2.97. The molecule has 94 valence electrons. The zero-order valence-electron chi connectivity index (χ0n) is 9.41. The molecule has 0 unspecified atom stereocenters. The van der Waals surface area contributed by atoms with E-state index in [1.54, 1.807) is 0 Å². The summed E-state index contributed by atoms with van der Waals surface area (Å²) in [6.07, 6.45) is 2.31. The van der Waals surface area contributed by atoms with Gasteiger partial charge in [0.25, 0.3) is 0 Å². The molecule has 2 aromatic rings. The maximum atomic E-state index is 6.32. The van der Waals surface area contributed by atoms with Crippen LogP contribution in [0.2, 0.25) is 5.02 Å². The molecular formula is C12H10BrCl2N3. The van der Waals surface area contributed by atoms with Gasteiger partial charge in [0.2, 0.25) is 0 Å². The Bertz CT molecular complexity index is 593. The molecule has 1 fully saturated rings. The fourth-order valence-electron chi connectivity index (χ4n) is 1.99. The molecule has 0 amide bonds. The third-order valence-electron chi connectivity index (χ3n) is 2.99. The van der Waals surface area contributed by atoms with Gasteiger partial charge < -0.3 is 4.57 Å². The van der Waals surface area contributed by atoms with Crippen LogP contribution < -0.4 is 0 Å². The molecule has 6 heteroatoms. The number of hydrogen-bond donors (Lipinski definition) is 0. The van der Waals surface area contributed by atoms with Gasteiger partial charge in [-0.3, -0.25) is 0 Å². The summed E-state index contributed by atoms with van der Waals surface area (Å²) in [5, 5.41) is 9.05. The Morgan fingerprint density at radius 2 is 2.11 bits per heavy atom. The van der Waals surface area contributed by atoms with E-state index in [0.29, 0.717) is 16.9 Å². The van der Waals surface area contributed by atoms with Crippen molar-refractivity contribution < 1.29 is 0 Å². The standard InChI is InChI=1S/C12H10BrCl2N3/c13-9-3-1-2-8(11(9)15)12-17-16-10(6-14)18(12)7-4-5-7/h1-3,7H,4-6H2. The molecule has 1 aromatic heterocycles. The van der Waals surface area contributed by atoms with Crippen LogP contribution in [-0.4, -0.2) is 14.8 Å². The zero-order chi connectivity index (χ0) is 12.7. The number of nitrogens with zero attached hydrogens (tertiary/aromatic N) is 3. The second kappa shape index (κ2) is 4.83. The predicted octanol–water partition coefficient (Wildman–Crippen LogP) is 4.43. The summed E-state index contributed by atoms with van der Waals surface area (Å²) in [4.78, 5) is 0. The van der Waals surface area contributed by atoms with Crippen LogP contribution in [0.4, 0.5) is 0 Å². The van der Waals surface area contributed by atoms with E-state index in [9.17, 15) is 0 Å². The van der Waals surface area contributed by atoms with Gasteiger partial charge in [-0.25, -0.2) is 0 Å².